The lowest BCUT2D eigenvalue weighted by atomic mass is 9.93. The number of benzene rings is 1. The Balaban J connectivity index is 1.66. The summed E-state index contributed by atoms with van der Waals surface area (Å²) >= 11 is 0. The van der Waals surface area contributed by atoms with Crippen LogP contribution in [0.2, 0.25) is 0 Å². The number of aryl methyl sites for hydroxylation is 3. The second-order valence-corrected chi connectivity index (χ2v) is 8.33. The van der Waals surface area contributed by atoms with E-state index in [1.165, 1.54) is 0 Å². The first kappa shape index (κ1) is 17.8. The van der Waals surface area contributed by atoms with E-state index in [1.807, 2.05) is 30.3 Å². The molecule has 0 radical (unpaired) electrons. The fraction of sp³-hybridized carbons (Fsp3) is 0.316. The molecule has 0 bridgehead atoms. The molecule has 8 heteroatoms. The van der Waals surface area contributed by atoms with Crippen molar-refractivity contribution >= 4 is 10.0 Å². The van der Waals surface area contributed by atoms with Crippen molar-refractivity contribution in [3.05, 3.63) is 59.2 Å². The molecule has 1 N–H and O–H groups in total. The molecule has 3 aromatic rings. The average Bonchev–Trinajstić information content (AvgIpc) is 3.01. The van der Waals surface area contributed by atoms with Crippen molar-refractivity contribution in [2.75, 3.05) is 0 Å². The van der Waals surface area contributed by atoms with Crippen molar-refractivity contribution < 1.29 is 12.9 Å². The van der Waals surface area contributed by atoms with Gasteiger partial charge in [0.1, 0.15) is 10.6 Å². The number of hydrogen-bond acceptors (Lipinski definition) is 6. The summed E-state index contributed by atoms with van der Waals surface area (Å²) in [6.07, 6.45) is 4.10. The molecule has 0 fully saturated rings. The summed E-state index contributed by atoms with van der Waals surface area (Å²) in [6.45, 7) is 3.22. The van der Waals surface area contributed by atoms with E-state index in [9.17, 15) is 8.42 Å². The zero-order valence-electron chi connectivity index (χ0n) is 15.1. The molecule has 2 aromatic heterocycles. The van der Waals surface area contributed by atoms with Crippen LogP contribution >= 0.6 is 0 Å². The Bertz CT molecular complexity index is 1060. The van der Waals surface area contributed by atoms with E-state index in [0.717, 1.165) is 29.7 Å². The highest BCUT2D eigenvalue weighted by atomic mass is 32.2. The molecule has 0 spiro atoms. The van der Waals surface area contributed by atoms with Crippen molar-refractivity contribution in [1.29, 1.82) is 0 Å². The van der Waals surface area contributed by atoms with E-state index in [-0.39, 0.29) is 16.7 Å². The molecule has 27 heavy (non-hydrogen) atoms. The van der Waals surface area contributed by atoms with E-state index in [4.69, 9.17) is 4.52 Å². The molecule has 4 rings (SSSR count). The Morgan fingerprint density at radius 1 is 1.19 bits per heavy atom. The number of fused-ring (bicyclic) bond motifs is 1. The molecule has 1 atom stereocenters. The Labute approximate surface area is 157 Å². The number of nitrogens with one attached hydrogen (secondary N) is 1. The topological polar surface area (TPSA) is 98.0 Å². The molecule has 2 heterocycles. The molecule has 1 aliphatic carbocycles. The summed E-state index contributed by atoms with van der Waals surface area (Å²) in [4.78, 5) is 9.26. The Kier molecular flexibility index (Phi) is 4.53. The van der Waals surface area contributed by atoms with Gasteiger partial charge in [0.25, 0.3) is 0 Å². The van der Waals surface area contributed by atoms with Crippen LogP contribution in [0, 0.1) is 13.8 Å². The summed E-state index contributed by atoms with van der Waals surface area (Å²) in [5, 5.41) is 3.75. The number of rotatable bonds is 4. The molecule has 7 nitrogen and oxygen atoms in total. The monoisotopic (exact) mass is 384 g/mol. The summed E-state index contributed by atoms with van der Waals surface area (Å²) in [7, 11) is -3.74. The largest absolute Gasteiger partial charge is 0.360 e. The average molecular weight is 384 g/mol. The Morgan fingerprint density at radius 2 is 1.96 bits per heavy atom. The minimum Gasteiger partial charge on any atom is -0.360 e. The van der Waals surface area contributed by atoms with Crippen LogP contribution in [-0.4, -0.2) is 23.5 Å². The summed E-state index contributed by atoms with van der Waals surface area (Å²) < 4.78 is 33.5. The predicted octanol–water partition coefficient (Wildman–Crippen LogP) is 3.10. The second kappa shape index (κ2) is 6.86. The van der Waals surface area contributed by atoms with Crippen LogP contribution in [0.5, 0.6) is 0 Å². The van der Waals surface area contributed by atoms with Gasteiger partial charge in [-0.1, -0.05) is 35.5 Å². The maximum atomic E-state index is 12.8. The first-order valence-corrected chi connectivity index (χ1v) is 10.3. The molecule has 0 saturated heterocycles. The zero-order chi connectivity index (χ0) is 19.0. The predicted molar refractivity (Wildman–Crippen MR) is 99.4 cm³/mol. The first-order valence-electron chi connectivity index (χ1n) is 8.82. The maximum absolute atomic E-state index is 12.8. The molecule has 140 valence electrons. The van der Waals surface area contributed by atoms with E-state index in [1.54, 1.807) is 20.0 Å². The lowest BCUT2D eigenvalue weighted by Gasteiger charge is -2.25. The van der Waals surface area contributed by atoms with Gasteiger partial charge in [0.05, 0.1) is 6.04 Å². The normalized spacial score (nSPS) is 16.9. The fourth-order valence-corrected chi connectivity index (χ4v) is 5.08. The summed E-state index contributed by atoms with van der Waals surface area (Å²) in [6, 6.07) is 9.39. The van der Waals surface area contributed by atoms with Crippen molar-refractivity contribution in [3.8, 4) is 11.4 Å². The van der Waals surface area contributed by atoms with Crippen LogP contribution in [0.15, 0.2) is 45.9 Å². The van der Waals surface area contributed by atoms with Crippen molar-refractivity contribution in [2.45, 2.75) is 44.0 Å². The zero-order valence-corrected chi connectivity index (χ0v) is 16.0. The highest BCUT2D eigenvalue weighted by Gasteiger charge is 2.30. The molecule has 0 aliphatic heterocycles. The van der Waals surface area contributed by atoms with Gasteiger partial charge in [0, 0.05) is 23.0 Å². The highest BCUT2D eigenvalue weighted by molar-refractivity contribution is 7.89. The van der Waals surface area contributed by atoms with Crippen molar-refractivity contribution in [2.24, 2.45) is 0 Å². The van der Waals surface area contributed by atoms with Crippen LogP contribution in [0.1, 0.15) is 41.6 Å². The van der Waals surface area contributed by atoms with Gasteiger partial charge in [-0.3, -0.25) is 0 Å². The second-order valence-electron chi connectivity index (χ2n) is 6.68. The Morgan fingerprint density at radius 3 is 2.67 bits per heavy atom. The minimum absolute atomic E-state index is 0.108. The maximum Gasteiger partial charge on any atom is 0.246 e. The first-order chi connectivity index (χ1) is 13.0. The van der Waals surface area contributed by atoms with Gasteiger partial charge in [-0.25, -0.2) is 23.1 Å². The Hall–Kier alpha value is -2.58. The van der Waals surface area contributed by atoms with Gasteiger partial charge < -0.3 is 4.52 Å². The van der Waals surface area contributed by atoms with Gasteiger partial charge in [0.15, 0.2) is 11.6 Å². The molecular formula is C19H20N4O3S. The number of sulfonamides is 1. The molecule has 1 aromatic carbocycles. The van der Waals surface area contributed by atoms with E-state index in [2.05, 4.69) is 19.8 Å². The van der Waals surface area contributed by atoms with Gasteiger partial charge in [-0.15, -0.1) is 0 Å². The molecule has 0 unspecified atom stereocenters. The van der Waals surface area contributed by atoms with Crippen LogP contribution in [-0.2, 0) is 16.4 Å². The standard InChI is InChI=1S/C19H20N4O3S/c1-12-18(13(2)26-22-12)27(24,25)23-17-10-6-9-16-15(17)11-20-19(21-16)14-7-4-3-5-8-14/h3-5,7-8,11,17,23H,6,9-10H2,1-2H3/t17-/m1/s1. The van der Waals surface area contributed by atoms with Crippen LogP contribution in [0.3, 0.4) is 0 Å². The lowest BCUT2D eigenvalue weighted by Crippen LogP contribution is -2.32. The van der Waals surface area contributed by atoms with Crippen LogP contribution in [0.4, 0.5) is 0 Å². The number of hydrogen-bond donors (Lipinski definition) is 1. The van der Waals surface area contributed by atoms with E-state index < -0.39 is 10.0 Å². The smallest absolute Gasteiger partial charge is 0.246 e. The highest BCUT2D eigenvalue weighted by Crippen LogP contribution is 2.31. The van der Waals surface area contributed by atoms with Gasteiger partial charge in [-0.2, -0.15) is 0 Å². The summed E-state index contributed by atoms with van der Waals surface area (Å²) in [5.41, 5.74) is 3.02. The van der Waals surface area contributed by atoms with Crippen molar-refractivity contribution in [3.63, 3.8) is 0 Å². The van der Waals surface area contributed by atoms with Crippen LogP contribution in [0.25, 0.3) is 11.4 Å². The fourth-order valence-electron chi connectivity index (χ4n) is 3.50. The molecule has 0 saturated carbocycles. The third-order valence-electron chi connectivity index (χ3n) is 4.75. The lowest BCUT2D eigenvalue weighted by molar-refractivity contribution is 0.390. The number of nitrogens with zero attached hydrogens (tertiary/aromatic N) is 3. The van der Waals surface area contributed by atoms with Crippen LogP contribution < -0.4 is 4.72 Å². The van der Waals surface area contributed by atoms with Gasteiger partial charge in [-0.05, 0) is 33.1 Å². The third-order valence-corrected chi connectivity index (χ3v) is 6.46. The molecular weight excluding hydrogens is 364 g/mol. The van der Waals surface area contributed by atoms with Gasteiger partial charge in [0.2, 0.25) is 10.0 Å². The minimum atomic E-state index is -3.74. The third kappa shape index (κ3) is 3.38. The van der Waals surface area contributed by atoms with Crippen molar-refractivity contribution in [1.82, 2.24) is 19.8 Å². The molecule has 1 aliphatic rings. The van der Waals surface area contributed by atoms with E-state index in [0.29, 0.717) is 17.9 Å². The summed E-state index contributed by atoms with van der Waals surface area (Å²) in [5.74, 6) is 0.940. The number of aromatic nitrogens is 3. The molecule has 0 amide bonds. The SMILES string of the molecule is Cc1noc(C)c1S(=O)(=O)N[C@@H]1CCCc2nc(-c3ccccc3)ncc21. The quantitative estimate of drug-likeness (QED) is 0.742. The van der Waals surface area contributed by atoms with E-state index >= 15 is 0 Å². The van der Waals surface area contributed by atoms with Gasteiger partial charge >= 0.3 is 0 Å².